The number of aromatic nitrogens is 2. The second-order valence-corrected chi connectivity index (χ2v) is 4.73. The Kier molecular flexibility index (Phi) is 6.98. The summed E-state index contributed by atoms with van der Waals surface area (Å²) in [7, 11) is 0. The molecule has 1 heterocycles. The molecule has 0 aliphatic carbocycles. The highest BCUT2D eigenvalue weighted by molar-refractivity contribution is 5.01. The van der Waals surface area contributed by atoms with Gasteiger partial charge in [-0.1, -0.05) is 20.8 Å². The molecule has 1 atom stereocenters. The zero-order valence-electron chi connectivity index (χ0n) is 12.3. The molecule has 4 nitrogen and oxygen atoms in total. The molecule has 1 aromatic rings. The van der Waals surface area contributed by atoms with Gasteiger partial charge < -0.3 is 10.2 Å². The van der Waals surface area contributed by atoms with Crippen LogP contribution in [0.15, 0.2) is 12.3 Å². The van der Waals surface area contributed by atoms with Crippen molar-refractivity contribution in [1.29, 1.82) is 0 Å². The average Bonchev–Trinajstić information content (AvgIpc) is 2.86. The van der Waals surface area contributed by atoms with E-state index in [4.69, 9.17) is 0 Å². The van der Waals surface area contributed by atoms with Crippen LogP contribution in [0.2, 0.25) is 0 Å². The minimum atomic E-state index is 0.486. The van der Waals surface area contributed by atoms with Crippen LogP contribution in [0.1, 0.15) is 45.9 Å². The second kappa shape index (κ2) is 8.27. The third-order valence-electron chi connectivity index (χ3n) is 3.57. The largest absolute Gasteiger partial charge is 0.310 e. The van der Waals surface area contributed by atoms with E-state index in [1.54, 1.807) is 0 Å². The first-order valence-electron chi connectivity index (χ1n) is 7.18. The monoisotopic (exact) mass is 252 g/mol. The fourth-order valence-corrected chi connectivity index (χ4v) is 2.04. The molecule has 0 aliphatic rings. The van der Waals surface area contributed by atoms with Gasteiger partial charge in [-0.15, -0.1) is 0 Å². The van der Waals surface area contributed by atoms with Gasteiger partial charge in [0.1, 0.15) is 0 Å². The fraction of sp³-hybridized carbons (Fsp3) is 0.786. The highest BCUT2D eigenvalue weighted by Gasteiger charge is 2.07. The average molecular weight is 252 g/mol. The zero-order valence-corrected chi connectivity index (χ0v) is 12.3. The van der Waals surface area contributed by atoms with Crippen LogP contribution in [0.25, 0.3) is 0 Å². The van der Waals surface area contributed by atoms with Crippen LogP contribution in [0.3, 0.4) is 0 Å². The van der Waals surface area contributed by atoms with Gasteiger partial charge in [-0.2, -0.15) is 5.10 Å². The first-order valence-corrected chi connectivity index (χ1v) is 7.18. The third-order valence-corrected chi connectivity index (χ3v) is 3.57. The maximum Gasteiger partial charge on any atom is 0.0525 e. The standard InChI is InChI=1S/C14H28N4/c1-5-13(4)18-14(8-9-16-18)12-15-10-11-17(6-2)7-3/h8-9,13,15H,5-7,10-12H2,1-4H3/t13-/m1/s1. The Morgan fingerprint density at radius 1 is 1.33 bits per heavy atom. The van der Waals surface area contributed by atoms with Crippen molar-refractivity contribution in [1.82, 2.24) is 20.0 Å². The molecule has 0 saturated heterocycles. The number of nitrogens with one attached hydrogen (secondary N) is 1. The van der Waals surface area contributed by atoms with Crippen molar-refractivity contribution in [3.05, 3.63) is 18.0 Å². The maximum absolute atomic E-state index is 4.40. The molecule has 0 spiro atoms. The lowest BCUT2D eigenvalue weighted by Gasteiger charge is -2.18. The molecule has 0 amide bonds. The van der Waals surface area contributed by atoms with Gasteiger partial charge in [-0.3, -0.25) is 4.68 Å². The number of hydrogen-bond donors (Lipinski definition) is 1. The van der Waals surface area contributed by atoms with E-state index in [0.29, 0.717) is 6.04 Å². The summed E-state index contributed by atoms with van der Waals surface area (Å²) in [4.78, 5) is 2.43. The highest BCUT2D eigenvalue weighted by atomic mass is 15.3. The van der Waals surface area contributed by atoms with Gasteiger partial charge in [-0.05, 0) is 32.5 Å². The van der Waals surface area contributed by atoms with Crippen LogP contribution in [0.5, 0.6) is 0 Å². The van der Waals surface area contributed by atoms with Gasteiger partial charge in [0, 0.05) is 31.9 Å². The Balaban J connectivity index is 2.33. The van der Waals surface area contributed by atoms with Crippen LogP contribution >= 0.6 is 0 Å². The smallest absolute Gasteiger partial charge is 0.0525 e. The van der Waals surface area contributed by atoms with E-state index in [-0.39, 0.29) is 0 Å². The molecular formula is C14H28N4. The van der Waals surface area contributed by atoms with E-state index in [0.717, 1.165) is 39.1 Å². The minimum absolute atomic E-state index is 0.486. The van der Waals surface area contributed by atoms with E-state index < -0.39 is 0 Å². The highest BCUT2D eigenvalue weighted by Crippen LogP contribution is 2.11. The normalized spacial score (nSPS) is 13.2. The lowest BCUT2D eigenvalue weighted by atomic mass is 10.2. The Morgan fingerprint density at radius 2 is 2.06 bits per heavy atom. The van der Waals surface area contributed by atoms with Gasteiger partial charge >= 0.3 is 0 Å². The molecule has 104 valence electrons. The van der Waals surface area contributed by atoms with Crippen molar-refractivity contribution in [3.63, 3.8) is 0 Å². The van der Waals surface area contributed by atoms with E-state index in [1.165, 1.54) is 5.69 Å². The number of likely N-dealkylation sites (N-methyl/N-ethyl adjacent to an activating group) is 1. The molecule has 0 aromatic carbocycles. The van der Waals surface area contributed by atoms with Crippen molar-refractivity contribution in [3.8, 4) is 0 Å². The molecule has 18 heavy (non-hydrogen) atoms. The summed E-state index contributed by atoms with van der Waals surface area (Å²) in [5.41, 5.74) is 1.28. The topological polar surface area (TPSA) is 33.1 Å². The molecule has 4 heteroatoms. The first kappa shape index (κ1) is 15.2. The summed E-state index contributed by atoms with van der Waals surface area (Å²) in [6.07, 6.45) is 3.02. The van der Waals surface area contributed by atoms with E-state index in [9.17, 15) is 0 Å². The quantitative estimate of drug-likeness (QED) is 0.685. The number of nitrogens with zero attached hydrogens (tertiary/aromatic N) is 3. The van der Waals surface area contributed by atoms with Crippen molar-refractivity contribution in [2.24, 2.45) is 0 Å². The summed E-state index contributed by atoms with van der Waals surface area (Å²) in [5.74, 6) is 0. The zero-order chi connectivity index (χ0) is 13.4. The summed E-state index contributed by atoms with van der Waals surface area (Å²) in [6, 6.07) is 2.59. The fourth-order valence-electron chi connectivity index (χ4n) is 2.04. The predicted octanol–water partition coefficient (Wildman–Crippen LogP) is 2.29. The summed E-state index contributed by atoms with van der Waals surface area (Å²) in [5, 5.41) is 7.90. The Hall–Kier alpha value is -0.870. The number of hydrogen-bond acceptors (Lipinski definition) is 3. The van der Waals surface area contributed by atoms with Gasteiger partial charge in [0.15, 0.2) is 0 Å². The van der Waals surface area contributed by atoms with E-state index in [1.807, 2.05) is 6.20 Å². The van der Waals surface area contributed by atoms with Crippen molar-refractivity contribution >= 4 is 0 Å². The van der Waals surface area contributed by atoms with Gasteiger partial charge in [0.2, 0.25) is 0 Å². The molecular weight excluding hydrogens is 224 g/mol. The summed E-state index contributed by atoms with van der Waals surface area (Å²) >= 11 is 0. The van der Waals surface area contributed by atoms with E-state index >= 15 is 0 Å². The Bertz CT molecular complexity index is 317. The number of rotatable bonds is 9. The van der Waals surface area contributed by atoms with Gasteiger partial charge in [0.25, 0.3) is 0 Å². The molecule has 0 fully saturated rings. The Labute approximate surface area is 111 Å². The summed E-state index contributed by atoms with van der Waals surface area (Å²) in [6.45, 7) is 14.1. The minimum Gasteiger partial charge on any atom is -0.310 e. The maximum atomic E-state index is 4.40. The summed E-state index contributed by atoms with van der Waals surface area (Å²) < 4.78 is 2.13. The molecule has 0 unspecified atom stereocenters. The van der Waals surface area contributed by atoms with Crippen LogP contribution in [-0.4, -0.2) is 40.9 Å². The molecule has 1 rings (SSSR count). The third kappa shape index (κ3) is 4.42. The molecule has 0 radical (unpaired) electrons. The first-order chi connectivity index (χ1) is 8.72. The molecule has 0 bridgehead atoms. The molecule has 1 N–H and O–H groups in total. The van der Waals surface area contributed by atoms with Crippen molar-refractivity contribution < 1.29 is 0 Å². The lowest BCUT2D eigenvalue weighted by Crippen LogP contribution is -2.32. The molecule has 0 aliphatic heterocycles. The Morgan fingerprint density at radius 3 is 2.67 bits per heavy atom. The predicted molar refractivity (Wildman–Crippen MR) is 76.7 cm³/mol. The molecule has 1 aromatic heterocycles. The SMILES string of the molecule is CC[C@@H](C)n1nccc1CNCCN(CC)CC. The van der Waals surface area contributed by atoms with Crippen molar-refractivity contribution in [2.75, 3.05) is 26.2 Å². The van der Waals surface area contributed by atoms with Crippen LogP contribution in [0, 0.1) is 0 Å². The van der Waals surface area contributed by atoms with Crippen LogP contribution in [-0.2, 0) is 6.54 Å². The second-order valence-electron chi connectivity index (χ2n) is 4.73. The van der Waals surface area contributed by atoms with Crippen LogP contribution in [0.4, 0.5) is 0 Å². The van der Waals surface area contributed by atoms with Gasteiger partial charge in [-0.25, -0.2) is 0 Å². The van der Waals surface area contributed by atoms with Gasteiger partial charge in [0.05, 0.1) is 5.69 Å². The lowest BCUT2D eigenvalue weighted by molar-refractivity contribution is 0.301. The van der Waals surface area contributed by atoms with Crippen LogP contribution < -0.4 is 5.32 Å². The van der Waals surface area contributed by atoms with E-state index in [2.05, 4.69) is 53.8 Å². The van der Waals surface area contributed by atoms with Crippen molar-refractivity contribution in [2.45, 2.75) is 46.7 Å². The molecule has 0 saturated carbocycles.